The van der Waals surface area contributed by atoms with E-state index >= 15 is 0 Å². The van der Waals surface area contributed by atoms with Crippen molar-refractivity contribution in [2.24, 2.45) is 0 Å². The van der Waals surface area contributed by atoms with Gasteiger partial charge in [-0.05, 0) is 18.1 Å². The van der Waals surface area contributed by atoms with Crippen molar-refractivity contribution < 1.29 is 9.72 Å². The van der Waals surface area contributed by atoms with Crippen molar-refractivity contribution in [2.45, 2.75) is 19.9 Å². The van der Waals surface area contributed by atoms with Crippen LogP contribution in [-0.2, 0) is 4.79 Å². The van der Waals surface area contributed by atoms with Crippen LogP contribution in [0.3, 0.4) is 0 Å². The highest BCUT2D eigenvalue weighted by Crippen LogP contribution is 2.17. The van der Waals surface area contributed by atoms with Crippen molar-refractivity contribution in [1.82, 2.24) is 5.32 Å². The van der Waals surface area contributed by atoms with Crippen LogP contribution in [0.4, 0.5) is 0 Å². The number of nitro groups is 1. The third-order valence-electron chi connectivity index (χ3n) is 2.27. The number of nitrogens with zero attached hydrogens (tertiary/aromatic N) is 1. The summed E-state index contributed by atoms with van der Waals surface area (Å²) in [6.45, 7) is 2.92. The number of rotatable bonds is 4. The number of hydrogen-bond acceptors (Lipinski definition) is 3. The predicted molar refractivity (Wildman–Crippen MR) is 59.6 cm³/mol. The molecular formula is C11H14N2O3. The lowest BCUT2D eigenvalue weighted by Crippen LogP contribution is -2.31. The van der Waals surface area contributed by atoms with E-state index < -0.39 is 11.0 Å². The molecular weight excluding hydrogens is 208 g/mol. The molecule has 0 aromatic heterocycles. The third-order valence-corrected chi connectivity index (χ3v) is 2.27. The van der Waals surface area contributed by atoms with Gasteiger partial charge in [0.25, 0.3) is 0 Å². The molecule has 0 saturated carbocycles. The van der Waals surface area contributed by atoms with Crippen molar-refractivity contribution in [2.75, 3.05) is 6.54 Å². The van der Waals surface area contributed by atoms with Crippen LogP contribution in [0.15, 0.2) is 24.3 Å². The van der Waals surface area contributed by atoms with Gasteiger partial charge < -0.3 is 5.32 Å². The van der Waals surface area contributed by atoms with Gasteiger partial charge in [0.15, 0.2) is 0 Å². The average Bonchev–Trinajstić information content (AvgIpc) is 2.15. The molecule has 1 aromatic carbocycles. The van der Waals surface area contributed by atoms with E-state index in [0.29, 0.717) is 0 Å². The van der Waals surface area contributed by atoms with Crippen LogP contribution in [0.25, 0.3) is 0 Å². The smallest absolute Gasteiger partial charge is 0.227 e. The zero-order chi connectivity index (χ0) is 12.1. The van der Waals surface area contributed by atoms with Gasteiger partial charge in [0.1, 0.15) is 6.04 Å². The fourth-order valence-corrected chi connectivity index (χ4v) is 1.59. The van der Waals surface area contributed by atoms with Crippen LogP contribution in [0.1, 0.15) is 24.1 Å². The van der Waals surface area contributed by atoms with Crippen LogP contribution in [0.5, 0.6) is 0 Å². The van der Waals surface area contributed by atoms with Gasteiger partial charge in [-0.25, -0.2) is 0 Å². The zero-order valence-corrected chi connectivity index (χ0v) is 9.27. The minimum absolute atomic E-state index is 0.268. The number of benzene rings is 1. The SMILES string of the molecule is CC(=O)N[C@@H](C[N+](=O)[O-])c1ccccc1C. The lowest BCUT2D eigenvalue weighted by molar-refractivity contribution is -0.484. The fourth-order valence-electron chi connectivity index (χ4n) is 1.59. The first-order valence-corrected chi connectivity index (χ1v) is 4.95. The van der Waals surface area contributed by atoms with Gasteiger partial charge in [-0.1, -0.05) is 24.3 Å². The molecule has 0 aliphatic heterocycles. The van der Waals surface area contributed by atoms with Gasteiger partial charge in [-0.2, -0.15) is 0 Å². The molecule has 1 rings (SSSR count). The molecule has 1 N–H and O–H groups in total. The largest absolute Gasteiger partial charge is 0.343 e. The monoisotopic (exact) mass is 222 g/mol. The summed E-state index contributed by atoms with van der Waals surface area (Å²) in [5, 5.41) is 13.1. The van der Waals surface area contributed by atoms with Gasteiger partial charge in [-0.15, -0.1) is 0 Å². The van der Waals surface area contributed by atoms with Crippen LogP contribution in [0, 0.1) is 17.0 Å². The Balaban J connectivity index is 2.96. The fraction of sp³-hybridized carbons (Fsp3) is 0.364. The summed E-state index contributed by atoms with van der Waals surface area (Å²) in [5.41, 5.74) is 1.72. The van der Waals surface area contributed by atoms with E-state index in [2.05, 4.69) is 5.32 Å². The lowest BCUT2D eigenvalue weighted by atomic mass is 10.0. The van der Waals surface area contributed by atoms with Crippen molar-refractivity contribution in [3.63, 3.8) is 0 Å². The molecule has 86 valence electrons. The Bertz CT molecular complexity index is 388. The number of carbonyl (C=O) groups is 1. The van der Waals surface area contributed by atoms with E-state index in [0.717, 1.165) is 11.1 Å². The molecule has 0 aliphatic carbocycles. The minimum atomic E-state index is -0.561. The second kappa shape index (κ2) is 5.25. The molecule has 0 aliphatic rings. The molecule has 5 heteroatoms. The number of amides is 1. The number of hydrogen-bond donors (Lipinski definition) is 1. The highest BCUT2D eigenvalue weighted by Gasteiger charge is 2.19. The normalized spacial score (nSPS) is 11.9. The van der Waals surface area contributed by atoms with E-state index in [1.807, 2.05) is 19.1 Å². The molecule has 0 bridgehead atoms. The average molecular weight is 222 g/mol. The first kappa shape index (κ1) is 12.2. The van der Waals surface area contributed by atoms with Crippen molar-refractivity contribution in [1.29, 1.82) is 0 Å². The molecule has 0 radical (unpaired) electrons. The Morgan fingerprint density at radius 2 is 2.12 bits per heavy atom. The van der Waals surface area contributed by atoms with Crippen LogP contribution < -0.4 is 5.32 Å². The summed E-state index contributed by atoms with van der Waals surface area (Å²) in [5.74, 6) is -0.268. The molecule has 5 nitrogen and oxygen atoms in total. The summed E-state index contributed by atoms with van der Waals surface area (Å²) in [6.07, 6.45) is 0. The maximum atomic E-state index is 11.0. The number of nitrogens with one attached hydrogen (secondary N) is 1. The van der Waals surface area contributed by atoms with Crippen LogP contribution >= 0.6 is 0 Å². The van der Waals surface area contributed by atoms with Gasteiger partial charge in [0.05, 0.1) is 0 Å². The van der Waals surface area contributed by atoms with Crippen LogP contribution in [-0.4, -0.2) is 17.4 Å². The van der Waals surface area contributed by atoms with E-state index in [1.54, 1.807) is 12.1 Å². The van der Waals surface area contributed by atoms with E-state index in [1.165, 1.54) is 6.92 Å². The van der Waals surface area contributed by atoms with E-state index in [4.69, 9.17) is 0 Å². The highest BCUT2D eigenvalue weighted by atomic mass is 16.6. The van der Waals surface area contributed by atoms with Gasteiger partial charge >= 0.3 is 0 Å². The van der Waals surface area contributed by atoms with E-state index in [9.17, 15) is 14.9 Å². The molecule has 16 heavy (non-hydrogen) atoms. The number of aryl methyl sites for hydroxylation is 1. The topological polar surface area (TPSA) is 72.2 Å². The van der Waals surface area contributed by atoms with Crippen molar-refractivity contribution in [3.05, 3.63) is 45.5 Å². The Morgan fingerprint density at radius 3 is 2.62 bits per heavy atom. The summed E-state index contributed by atoms with van der Waals surface area (Å²) in [7, 11) is 0. The Labute approximate surface area is 93.6 Å². The first-order chi connectivity index (χ1) is 7.50. The second-order valence-corrected chi connectivity index (χ2v) is 3.63. The quantitative estimate of drug-likeness (QED) is 0.619. The van der Waals surface area contributed by atoms with Crippen molar-refractivity contribution >= 4 is 5.91 Å². The zero-order valence-electron chi connectivity index (χ0n) is 9.27. The molecule has 0 unspecified atom stereocenters. The van der Waals surface area contributed by atoms with Gasteiger partial charge in [0.2, 0.25) is 12.5 Å². The molecule has 1 aromatic rings. The Morgan fingerprint density at radius 1 is 1.50 bits per heavy atom. The maximum absolute atomic E-state index is 11.0. The first-order valence-electron chi connectivity index (χ1n) is 4.95. The molecule has 1 atom stereocenters. The summed E-state index contributed by atoms with van der Waals surface area (Å²) < 4.78 is 0. The molecule has 1 amide bonds. The number of carbonyl (C=O) groups excluding carboxylic acids is 1. The Hall–Kier alpha value is -1.91. The summed E-state index contributed by atoms with van der Waals surface area (Å²) >= 11 is 0. The lowest BCUT2D eigenvalue weighted by Gasteiger charge is -2.16. The van der Waals surface area contributed by atoms with Gasteiger partial charge in [0, 0.05) is 11.8 Å². The maximum Gasteiger partial charge on any atom is 0.227 e. The minimum Gasteiger partial charge on any atom is -0.343 e. The highest BCUT2D eigenvalue weighted by molar-refractivity contribution is 5.73. The standard InChI is InChI=1S/C11H14N2O3/c1-8-5-3-4-6-10(8)11(7-13(15)16)12-9(2)14/h3-6,11H,7H2,1-2H3,(H,12,14)/t11-/m0/s1. The second-order valence-electron chi connectivity index (χ2n) is 3.63. The molecule has 0 fully saturated rings. The molecule has 0 spiro atoms. The molecule has 0 saturated heterocycles. The summed E-state index contributed by atoms with van der Waals surface area (Å²) in [4.78, 5) is 21.1. The third kappa shape index (κ3) is 3.34. The van der Waals surface area contributed by atoms with Crippen molar-refractivity contribution in [3.8, 4) is 0 Å². The van der Waals surface area contributed by atoms with Crippen LogP contribution in [0.2, 0.25) is 0 Å². The predicted octanol–water partition coefficient (Wildman–Crippen LogP) is 1.45. The van der Waals surface area contributed by atoms with E-state index in [-0.39, 0.29) is 12.5 Å². The summed E-state index contributed by atoms with van der Waals surface area (Å²) in [6, 6.07) is 6.75. The van der Waals surface area contributed by atoms with Gasteiger partial charge in [-0.3, -0.25) is 14.9 Å². The molecule has 0 heterocycles. The Kier molecular flexibility index (Phi) is 3.99.